The largest absolute Gasteiger partial charge is 0.496 e. The summed E-state index contributed by atoms with van der Waals surface area (Å²) in [7, 11) is 1.72. The third kappa shape index (κ3) is 2.21. The highest BCUT2D eigenvalue weighted by Gasteiger charge is 2.24. The van der Waals surface area contributed by atoms with Gasteiger partial charge in [0.05, 0.1) is 7.11 Å². The van der Waals surface area contributed by atoms with Crippen molar-refractivity contribution in [3.05, 3.63) is 42.0 Å². The van der Waals surface area contributed by atoms with Crippen LogP contribution in [0.1, 0.15) is 37.3 Å². The molecule has 0 radical (unpaired) electrons. The number of nitrogens with two attached hydrogens (primary N) is 1. The molecule has 1 fully saturated rings. The van der Waals surface area contributed by atoms with Gasteiger partial charge in [-0.15, -0.1) is 0 Å². The highest BCUT2D eigenvalue weighted by atomic mass is 16.5. The van der Waals surface area contributed by atoms with Crippen LogP contribution >= 0.6 is 0 Å². The second-order valence-electron chi connectivity index (χ2n) is 5.47. The molecule has 0 aromatic heterocycles. The lowest BCUT2D eigenvalue weighted by Crippen LogP contribution is -2.19. The lowest BCUT2D eigenvalue weighted by molar-refractivity contribution is 0.418. The van der Waals surface area contributed by atoms with Gasteiger partial charge in [0.1, 0.15) is 5.75 Å². The summed E-state index contributed by atoms with van der Waals surface area (Å²) in [5.41, 5.74) is 7.78. The second kappa shape index (κ2) is 5.22. The molecule has 0 amide bonds. The van der Waals surface area contributed by atoms with Crippen molar-refractivity contribution in [3.63, 3.8) is 0 Å². The van der Waals surface area contributed by atoms with Crippen molar-refractivity contribution >= 4 is 10.8 Å². The molecule has 1 saturated carbocycles. The maximum absolute atomic E-state index is 6.52. The topological polar surface area (TPSA) is 35.2 Å². The predicted molar refractivity (Wildman–Crippen MR) is 79.4 cm³/mol. The second-order valence-corrected chi connectivity index (χ2v) is 5.47. The molecule has 0 saturated heterocycles. The molecule has 0 heterocycles. The first kappa shape index (κ1) is 12.5. The fraction of sp³-hybridized carbons (Fsp3) is 0.412. The minimum absolute atomic E-state index is 0.151. The molecule has 100 valence electrons. The quantitative estimate of drug-likeness (QED) is 0.898. The van der Waals surface area contributed by atoms with Crippen LogP contribution in [0, 0.1) is 5.92 Å². The van der Waals surface area contributed by atoms with Crippen LogP contribution in [0.25, 0.3) is 10.8 Å². The minimum Gasteiger partial charge on any atom is -0.496 e. The Bertz CT molecular complexity index is 572. The molecule has 2 aromatic rings. The van der Waals surface area contributed by atoms with Gasteiger partial charge in [-0.25, -0.2) is 0 Å². The van der Waals surface area contributed by atoms with E-state index < -0.39 is 0 Å². The van der Waals surface area contributed by atoms with Crippen molar-refractivity contribution in [1.82, 2.24) is 0 Å². The monoisotopic (exact) mass is 255 g/mol. The van der Waals surface area contributed by atoms with E-state index in [1.54, 1.807) is 7.11 Å². The van der Waals surface area contributed by atoms with E-state index in [2.05, 4.69) is 30.3 Å². The summed E-state index contributed by atoms with van der Waals surface area (Å²) in [6.07, 6.45) is 5.18. The van der Waals surface area contributed by atoms with E-state index in [0.29, 0.717) is 5.92 Å². The van der Waals surface area contributed by atoms with Crippen LogP contribution in [0.2, 0.25) is 0 Å². The van der Waals surface area contributed by atoms with E-state index in [-0.39, 0.29) is 6.04 Å². The van der Waals surface area contributed by atoms with Crippen LogP contribution < -0.4 is 10.5 Å². The Hall–Kier alpha value is -1.54. The van der Waals surface area contributed by atoms with E-state index in [1.807, 2.05) is 6.07 Å². The number of ether oxygens (including phenoxy) is 1. The Labute approximate surface area is 114 Å². The fourth-order valence-electron chi connectivity index (χ4n) is 3.33. The van der Waals surface area contributed by atoms with Crippen molar-refractivity contribution in [2.24, 2.45) is 11.7 Å². The smallest absolute Gasteiger partial charge is 0.126 e. The third-order valence-corrected chi connectivity index (χ3v) is 4.40. The summed E-state index contributed by atoms with van der Waals surface area (Å²) in [5, 5.41) is 2.40. The van der Waals surface area contributed by atoms with E-state index in [1.165, 1.54) is 36.6 Å². The fourth-order valence-corrected chi connectivity index (χ4v) is 3.33. The first-order valence-corrected chi connectivity index (χ1v) is 7.12. The average Bonchev–Trinajstić information content (AvgIpc) is 2.99. The highest BCUT2D eigenvalue weighted by Crippen LogP contribution is 2.38. The summed E-state index contributed by atoms with van der Waals surface area (Å²) >= 11 is 0. The van der Waals surface area contributed by atoms with Crippen molar-refractivity contribution in [2.75, 3.05) is 7.11 Å². The Morgan fingerprint density at radius 2 is 1.74 bits per heavy atom. The number of benzene rings is 2. The van der Waals surface area contributed by atoms with E-state index >= 15 is 0 Å². The zero-order valence-electron chi connectivity index (χ0n) is 11.4. The molecule has 2 aromatic carbocycles. The molecule has 0 bridgehead atoms. The summed E-state index contributed by atoms with van der Waals surface area (Å²) in [6, 6.07) is 12.7. The Morgan fingerprint density at radius 1 is 1.05 bits per heavy atom. The third-order valence-electron chi connectivity index (χ3n) is 4.40. The van der Waals surface area contributed by atoms with Crippen molar-refractivity contribution in [3.8, 4) is 5.75 Å². The molecule has 0 aliphatic heterocycles. The van der Waals surface area contributed by atoms with Crippen LogP contribution in [0.15, 0.2) is 36.4 Å². The van der Waals surface area contributed by atoms with Gasteiger partial charge in [0.2, 0.25) is 0 Å². The van der Waals surface area contributed by atoms with Gasteiger partial charge in [0, 0.05) is 11.4 Å². The molecule has 2 nitrogen and oxygen atoms in total. The average molecular weight is 255 g/mol. The summed E-state index contributed by atoms with van der Waals surface area (Å²) in [4.78, 5) is 0. The van der Waals surface area contributed by atoms with E-state index in [0.717, 1.165) is 11.1 Å². The molecule has 3 rings (SSSR count). The van der Waals surface area contributed by atoms with Gasteiger partial charge in [0.15, 0.2) is 0 Å². The minimum atomic E-state index is 0.151. The standard InChI is InChI=1S/C17H21NO/c1-19-16-11-10-15(13-8-4-5-9-14(13)16)17(18)12-6-2-3-7-12/h4-5,8-12,17H,2-3,6-7,18H2,1H3/t17-/m0/s1. The molecule has 1 aliphatic rings. The zero-order valence-corrected chi connectivity index (χ0v) is 11.4. The van der Waals surface area contributed by atoms with E-state index in [9.17, 15) is 0 Å². The summed E-state index contributed by atoms with van der Waals surface area (Å²) in [6.45, 7) is 0. The lowest BCUT2D eigenvalue weighted by Gasteiger charge is -2.21. The van der Waals surface area contributed by atoms with E-state index in [4.69, 9.17) is 10.5 Å². The van der Waals surface area contributed by atoms with Gasteiger partial charge >= 0.3 is 0 Å². The molecular formula is C17H21NO. The normalized spacial score (nSPS) is 17.8. The summed E-state index contributed by atoms with van der Waals surface area (Å²) in [5.74, 6) is 1.56. The highest BCUT2D eigenvalue weighted by molar-refractivity contribution is 5.91. The first-order chi connectivity index (χ1) is 9.31. The molecule has 1 atom stereocenters. The van der Waals surface area contributed by atoms with Crippen molar-refractivity contribution < 1.29 is 4.74 Å². The van der Waals surface area contributed by atoms with Crippen molar-refractivity contribution in [1.29, 1.82) is 0 Å². The van der Waals surface area contributed by atoms with Gasteiger partial charge < -0.3 is 10.5 Å². The molecular weight excluding hydrogens is 234 g/mol. The maximum atomic E-state index is 6.52. The molecule has 19 heavy (non-hydrogen) atoms. The first-order valence-electron chi connectivity index (χ1n) is 7.12. The van der Waals surface area contributed by atoms with Crippen LogP contribution in [0.3, 0.4) is 0 Å². The number of rotatable bonds is 3. The number of methoxy groups -OCH3 is 1. The van der Waals surface area contributed by atoms with Crippen LogP contribution in [0.4, 0.5) is 0 Å². The molecule has 0 unspecified atom stereocenters. The zero-order chi connectivity index (χ0) is 13.2. The Kier molecular flexibility index (Phi) is 3.43. The van der Waals surface area contributed by atoms with Crippen molar-refractivity contribution in [2.45, 2.75) is 31.7 Å². The molecule has 0 spiro atoms. The van der Waals surface area contributed by atoms with Gasteiger partial charge in [0.25, 0.3) is 0 Å². The molecule has 1 aliphatic carbocycles. The van der Waals surface area contributed by atoms with Gasteiger partial charge in [-0.3, -0.25) is 0 Å². The number of hydrogen-bond donors (Lipinski definition) is 1. The van der Waals surface area contributed by atoms with Crippen LogP contribution in [0.5, 0.6) is 5.75 Å². The molecule has 2 N–H and O–H groups in total. The number of fused-ring (bicyclic) bond motifs is 1. The Balaban J connectivity index is 2.08. The van der Waals surface area contributed by atoms with Gasteiger partial charge in [-0.05, 0) is 35.8 Å². The molecule has 2 heteroatoms. The number of hydrogen-bond acceptors (Lipinski definition) is 2. The maximum Gasteiger partial charge on any atom is 0.126 e. The predicted octanol–water partition coefficient (Wildman–Crippen LogP) is 4.04. The lowest BCUT2D eigenvalue weighted by atomic mass is 9.89. The van der Waals surface area contributed by atoms with Gasteiger partial charge in [-0.2, -0.15) is 0 Å². The Morgan fingerprint density at radius 3 is 2.42 bits per heavy atom. The summed E-state index contributed by atoms with van der Waals surface area (Å²) < 4.78 is 5.45. The van der Waals surface area contributed by atoms with Gasteiger partial charge in [-0.1, -0.05) is 43.2 Å². The van der Waals surface area contributed by atoms with Crippen LogP contribution in [-0.4, -0.2) is 7.11 Å². The van der Waals surface area contributed by atoms with Crippen LogP contribution in [-0.2, 0) is 0 Å². The SMILES string of the molecule is COc1ccc([C@@H](N)C2CCCC2)c2ccccc12.